The average molecular weight is 332 g/mol. The molecule has 0 N–H and O–H groups in total. The molecule has 0 aromatic heterocycles. The van der Waals surface area contributed by atoms with E-state index in [2.05, 4.69) is 36.1 Å². The molecular formula is C19H22ClNO2. The van der Waals surface area contributed by atoms with Crippen molar-refractivity contribution in [1.29, 1.82) is 0 Å². The second-order valence-electron chi connectivity index (χ2n) is 5.93. The molecule has 0 saturated carbocycles. The Morgan fingerprint density at radius 3 is 2.39 bits per heavy atom. The molecule has 0 bridgehead atoms. The summed E-state index contributed by atoms with van der Waals surface area (Å²) in [7, 11) is 3.37. The van der Waals surface area contributed by atoms with Gasteiger partial charge in [-0.05, 0) is 54.3 Å². The Morgan fingerprint density at radius 2 is 1.74 bits per heavy atom. The maximum Gasteiger partial charge on any atom is 0.161 e. The average Bonchev–Trinajstić information content (AvgIpc) is 2.58. The fourth-order valence-corrected chi connectivity index (χ4v) is 3.36. The maximum atomic E-state index is 5.97. The summed E-state index contributed by atoms with van der Waals surface area (Å²) in [6, 6.07) is 12.7. The molecule has 1 aliphatic heterocycles. The molecule has 23 heavy (non-hydrogen) atoms. The van der Waals surface area contributed by atoms with Gasteiger partial charge in [-0.25, -0.2) is 0 Å². The van der Waals surface area contributed by atoms with Crippen molar-refractivity contribution < 1.29 is 9.47 Å². The molecule has 1 aliphatic rings. The number of nitrogens with zero attached hydrogens (tertiary/aromatic N) is 1. The lowest BCUT2D eigenvalue weighted by atomic mass is 9.92. The minimum atomic E-state index is 0.342. The molecule has 3 nitrogen and oxygen atoms in total. The molecule has 1 heterocycles. The summed E-state index contributed by atoms with van der Waals surface area (Å²) >= 11 is 5.97. The zero-order valence-corrected chi connectivity index (χ0v) is 14.6. The van der Waals surface area contributed by atoms with E-state index in [1.807, 2.05) is 12.1 Å². The van der Waals surface area contributed by atoms with Crippen LogP contribution in [0.3, 0.4) is 0 Å². The topological polar surface area (TPSA) is 21.7 Å². The summed E-state index contributed by atoms with van der Waals surface area (Å²) in [5.41, 5.74) is 3.95. The minimum absolute atomic E-state index is 0.342. The van der Waals surface area contributed by atoms with E-state index in [1.54, 1.807) is 14.2 Å². The summed E-state index contributed by atoms with van der Waals surface area (Å²) in [6.45, 7) is 4.21. The lowest BCUT2D eigenvalue weighted by Crippen LogP contribution is -2.33. The van der Waals surface area contributed by atoms with Gasteiger partial charge in [0.25, 0.3) is 0 Å². The smallest absolute Gasteiger partial charge is 0.161 e. The molecule has 0 aliphatic carbocycles. The molecule has 2 aromatic carbocycles. The highest BCUT2D eigenvalue weighted by Crippen LogP contribution is 2.38. The summed E-state index contributed by atoms with van der Waals surface area (Å²) in [5, 5.41) is 0.780. The minimum Gasteiger partial charge on any atom is -0.493 e. The second-order valence-corrected chi connectivity index (χ2v) is 6.37. The first-order valence-corrected chi connectivity index (χ1v) is 8.23. The van der Waals surface area contributed by atoms with Gasteiger partial charge in [-0.1, -0.05) is 23.7 Å². The van der Waals surface area contributed by atoms with Crippen LogP contribution in [-0.2, 0) is 13.0 Å². The number of hydrogen-bond acceptors (Lipinski definition) is 3. The number of fused-ring (bicyclic) bond motifs is 1. The number of rotatable bonds is 4. The third-order valence-electron chi connectivity index (χ3n) is 4.61. The van der Waals surface area contributed by atoms with Crippen LogP contribution in [0, 0.1) is 0 Å². The summed E-state index contributed by atoms with van der Waals surface area (Å²) in [4.78, 5) is 2.48. The molecule has 3 rings (SSSR count). The van der Waals surface area contributed by atoms with Gasteiger partial charge in [-0.3, -0.25) is 4.90 Å². The number of ether oxygens (including phenoxy) is 2. The van der Waals surface area contributed by atoms with Crippen molar-refractivity contribution in [2.45, 2.75) is 25.9 Å². The lowest BCUT2D eigenvalue weighted by Gasteiger charge is -2.35. The maximum absolute atomic E-state index is 5.97. The quantitative estimate of drug-likeness (QED) is 0.824. The van der Waals surface area contributed by atoms with E-state index in [0.29, 0.717) is 6.04 Å². The van der Waals surface area contributed by atoms with Crippen molar-refractivity contribution in [3.8, 4) is 11.5 Å². The second kappa shape index (κ2) is 6.81. The van der Waals surface area contributed by atoms with Gasteiger partial charge < -0.3 is 9.47 Å². The van der Waals surface area contributed by atoms with Crippen molar-refractivity contribution in [3.63, 3.8) is 0 Å². The standard InChI is InChI=1S/C19H22ClNO2/c1-13-17-11-19(23-3)18(22-2)10-15(17)8-9-21(13)12-14-4-6-16(20)7-5-14/h4-7,10-11,13H,8-9,12H2,1-3H3. The highest BCUT2D eigenvalue weighted by Gasteiger charge is 2.25. The van der Waals surface area contributed by atoms with Gasteiger partial charge in [0.15, 0.2) is 11.5 Å². The van der Waals surface area contributed by atoms with E-state index < -0.39 is 0 Å². The van der Waals surface area contributed by atoms with E-state index in [9.17, 15) is 0 Å². The van der Waals surface area contributed by atoms with Crippen molar-refractivity contribution in [2.75, 3.05) is 20.8 Å². The molecule has 4 heteroatoms. The van der Waals surface area contributed by atoms with Gasteiger partial charge in [0, 0.05) is 24.2 Å². The largest absolute Gasteiger partial charge is 0.493 e. The summed E-state index contributed by atoms with van der Waals surface area (Å²) < 4.78 is 10.9. The van der Waals surface area contributed by atoms with Crippen LogP contribution in [-0.4, -0.2) is 25.7 Å². The van der Waals surface area contributed by atoms with Crippen LogP contribution in [0.5, 0.6) is 11.5 Å². The summed E-state index contributed by atoms with van der Waals surface area (Å²) in [5.74, 6) is 1.61. The molecule has 0 saturated heterocycles. The molecule has 0 amide bonds. The van der Waals surface area contributed by atoms with E-state index in [1.165, 1.54) is 16.7 Å². The van der Waals surface area contributed by atoms with Crippen molar-refractivity contribution in [2.24, 2.45) is 0 Å². The fraction of sp³-hybridized carbons (Fsp3) is 0.368. The van der Waals surface area contributed by atoms with E-state index in [-0.39, 0.29) is 0 Å². The van der Waals surface area contributed by atoms with Crippen LogP contribution in [0.15, 0.2) is 36.4 Å². The number of hydrogen-bond donors (Lipinski definition) is 0. The van der Waals surface area contributed by atoms with Gasteiger partial charge in [0.05, 0.1) is 14.2 Å². The predicted octanol–water partition coefficient (Wildman–Crippen LogP) is 4.48. The van der Waals surface area contributed by atoms with Crippen LogP contribution in [0.4, 0.5) is 0 Å². The van der Waals surface area contributed by atoms with Gasteiger partial charge in [0.1, 0.15) is 0 Å². The van der Waals surface area contributed by atoms with Gasteiger partial charge in [0.2, 0.25) is 0 Å². The zero-order chi connectivity index (χ0) is 16.4. The van der Waals surface area contributed by atoms with Gasteiger partial charge in [-0.2, -0.15) is 0 Å². The van der Waals surface area contributed by atoms with E-state index >= 15 is 0 Å². The third-order valence-corrected chi connectivity index (χ3v) is 4.86. The number of benzene rings is 2. The zero-order valence-electron chi connectivity index (χ0n) is 13.8. The molecular weight excluding hydrogens is 310 g/mol. The Kier molecular flexibility index (Phi) is 4.79. The predicted molar refractivity (Wildman–Crippen MR) is 93.5 cm³/mol. The monoisotopic (exact) mass is 331 g/mol. The molecule has 1 unspecified atom stereocenters. The third kappa shape index (κ3) is 3.31. The Balaban J connectivity index is 1.84. The molecule has 122 valence electrons. The Morgan fingerprint density at radius 1 is 1.09 bits per heavy atom. The van der Waals surface area contributed by atoms with E-state index in [0.717, 1.165) is 36.0 Å². The van der Waals surface area contributed by atoms with Gasteiger partial charge in [-0.15, -0.1) is 0 Å². The molecule has 0 spiro atoms. The summed E-state index contributed by atoms with van der Waals surface area (Å²) in [6.07, 6.45) is 1.02. The van der Waals surface area contributed by atoms with Crippen LogP contribution >= 0.6 is 11.6 Å². The Hall–Kier alpha value is -1.71. The number of halogens is 1. The first-order valence-electron chi connectivity index (χ1n) is 7.85. The van der Waals surface area contributed by atoms with Crippen molar-refractivity contribution in [1.82, 2.24) is 4.90 Å². The molecule has 2 aromatic rings. The first kappa shape index (κ1) is 16.2. The molecule has 0 radical (unpaired) electrons. The molecule has 0 fully saturated rings. The van der Waals surface area contributed by atoms with Crippen molar-refractivity contribution in [3.05, 3.63) is 58.1 Å². The van der Waals surface area contributed by atoms with Crippen LogP contribution in [0.2, 0.25) is 5.02 Å². The van der Waals surface area contributed by atoms with E-state index in [4.69, 9.17) is 21.1 Å². The Bertz CT molecular complexity index is 685. The number of methoxy groups -OCH3 is 2. The highest BCUT2D eigenvalue weighted by atomic mass is 35.5. The van der Waals surface area contributed by atoms with Gasteiger partial charge >= 0.3 is 0 Å². The SMILES string of the molecule is COc1cc2c(cc1OC)C(C)N(Cc1ccc(Cl)cc1)CC2. The van der Waals surface area contributed by atoms with Crippen LogP contribution in [0.1, 0.15) is 29.7 Å². The van der Waals surface area contributed by atoms with Crippen molar-refractivity contribution >= 4 is 11.6 Å². The fourth-order valence-electron chi connectivity index (χ4n) is 3.24. The lowest BCUT2D eigenvalue weighted by molar-refractivity contribution is 0.189. The van der Waals surface area contributed by atoms with Crippen LogP contribution in [0.25, 0.3) is 0 Å². The normalized spacial score (nSPS) is 17.7. The molecule has 1 atom stereocenters. The first-order chi connectivity index (χ1) is 11.1. The highest BCUT2D eigenvalue weighted by molar-refractivity contribution is 6.30. The van der Waals surface area contributed by atoms with Crippen LogP contribution < -0.4 is 9.47 Å². The Labute approximate surface area is 142 Å².